The SMILES string of the molecule is NCCOCCOCCNc1nc(NCc2ccc3c(c2)OCO3)nc(N(Cc2ccccc2)Cc2ccccc2)n1. The molecule has 0 saturated carbocycles. The highest BCUT2D eigenvalue weighted by Crippen LogP contribution is 2.32. The second-order valence-electron chi connectivity index (χ2n) is 9.59. The molecule has 1 aromatic heterocycles. The van der Waals surface area contributed by atoms with Gasteiger partial charge in [-0.2, -0.15) is 15.0 Å². The topological polar surface area (TPSA) is 129 Å². The minimum Gasteiger partial charge on any atom is -0.454 e. The van der Waals surface area contributed by atoms with Gasteiger partial charge in [-0.15, -0.1) is 0 Å². The monoisotopic (exact) mass is 571 g/mol. The first-order chi connectivity index (χ1) is 20.8. The van der Waals surface area contributed by atoms with E-state index in [4.69, 9.17) is 34.6 Å². The third-order valence-corrected chi connectivity index (χ3v) is 6.39. The quantitative estimate of drug-likeness (QED) is 0.160. The number of hydrogen-bond donors (Lipinski definition) is 3. The van der Waals surface area contributed by atoms with Crippen LogP contribution in [-0.4, -0.2) is 61.3 Å². The molecule has 0 amide bonds. The number of anilines is 3. The summed E-state index contributed by atoms with van der Waals surface area (Å²) < 4.78 is 22.0. The van der Waals surface area contributed by atoms with Gasteiger partial charge >= 0.3 is 0 Å². The molecule has 0 spiro atoms. The smallest absolute Gasteiger partial charge is 0.232 e. The van der Waals surface area contributed by atoms with Crippen LogP contribution in [0.2, 0.25) is 0 Å². The molecule has 0 bridgehead atoms. The van der Waals surface area contributed by atoms with E-state index in [1.165, 1.54) is 0 Å². The minimum absolute atomic E-state index is 0.237. The molecule has 4 aromatic rings. The molecule has 11 nitrogen and oxygen atoms in total. The molecule has 4 N–H and O–H groups in total. The Kier molecular flexibility index (Phi) is 10.7. The van der Waals surface area contributed by atoms with Gasteiger partial charge in [0.05, 0.1) is 26.4 Å². The summed E-state index contributed by atoms with van der Waals surface area (Å²) in [7, 11) is 0. The molecule has 3 aromatic carbocycles. The first-order valence-corrected chi connectivity index (χ1v) is 14.1. The highest BCUT2D eigenvalue weighted by Gasteiger charge is 2.17. The van der Waals surface area contributed by atoms with E-state index >= 15 is 0 Å². The summed E-state index contributed by atoms with van der Waals surface area (Å²) in [5, 5.41) is 6.65. The standard InChI is InChI=1S/C31H37N7O4/c32-13-15-39-17-18-40-16-14-33-29-35-30(34-20-26-11-12-27-28(19-26)42-23-41-27)37-31(36-29)38(21-24-7-3-1-4-8-24)22-25-9-5-2-6-10-25/h1-12,19H,13-18,20-23,32H2,(H2,33,34,35,36,37). The van der Waals surface area contributed by atoms with Gasteiger partial charge in [0, 0.05) is 32.7 Å². The molecule has 1 aliphatic heterocycles. The first kappa shape index (κ1) is 29.1. The summed E-state index contributed by atoms with van der Waals surface area (Å²) in [4.78, 5) is 16.4. The molecule has 0 saturated heterocycles. The van der Waals surface area contributed by atoms with E-state index in [-0.39, 0.29) is 6.79 Å². The van der Waals surface area contributed by atoms with Crippen molar-refractivity contribution < 1.29 is 18.9 Å². The maximum atomic E-state index is 5.66. The van der Waals surface area contributed by atoms with Crippen molar-refractivity contribution >= 4 is 17.8 Å². The van der Waals surface area contributed by atoms with Crippen molar-refractivity contribution in [1.29, 1.82) is 0 Å². The number of benzene rings is 3. The first-order valence-electron chi connectivity index (χ1n) is 14.1. The summed E-state index contributed by atoms with van der Waals surface area (Å²) >= 11 is 0. The van der Waals surface area contributed by atoms with Gasteiger partial charge in [-0.1, -0.05) is 66.7 Å². The minimum atomic E-state index is 0.237. The summed E-state index contributed by atoms with van der Waals surface area (Å²) in [6, 6.07) is 26.5. The zero-order valence-corrected chi connectivity index (χ0v) is 23.6. The Hall–Kier alpha value is -4.45. The Morgan fingerprint density at radius 2 is 1.33 bits per heavy atom. The van der Waals surface area contributed by atoms with Crippen LogP contribution in [0, 0.1) is 0 Å². The Labute approximate surface area is 246 Å². The van der Waals surface area contributed by atoms with Crippen molar-refractivity contribution in [2.45, 2.75) is 19.6 Å². The van der Waals surface area contributed by atoms with Crippen LogP contribution in [0.3, 0.4) is 0 Å². The average Bonchev–Trinajstić information content (AvgIpc) is 3.50. The Morgan fingerprint density at radius 3 is 2.02 bits per heavy atom. The highest BCUT2D eigenvalue weighted by atomic mass is 16.7. The van der Waals surface area contributed by atoms with Crippen molar-refractivity contribution in [3.63, 3.8) is 0 Å². The van der Waals surface area contributed by atoms with Crippen LogP contribution in [-0.2, 0) is 29.1 Å². The van der Waals surface area contributed by atoms with Crippen LogP contribution < -0.4 is 30.7 Å². The number of hydrogen-bond acceptors (Lipinski definition) is 11. The van der Waals surface area contributed by atoms with E-state index in [1.54, 1.807) is 0 Å². The van der Waals surface area contributed by atoms with Gasteiger partial charge in [-0.25, -0.2) is 0 Å². The van der Waals surface area contributed by atoms with Crippen molar-refractivity contribution in [1.82, 2.24) is 15.0 Å². The third-order valence-electron chi connectivity index (χ3n) is 6.39. The second-order valence-corrected chi connectivity index (χ2v) is 9.59. The van der Waals surface area contributed by atoms with Gasteiger partial charge in [0.25, 0.3) is 0 Å². The number of rotatable bonds is 17. The predicted octanol–water partition coefficient (Wildman–Crippen LogP) is 3.82. The lowest BCUT2D eigenvalue weighted by Gasteiger charge is -2.24. The summed E-state index contributed by atoms with van der Waals surface area (Å²) in [6.45, 7) is 5.04. The molecule has 0 aliphatic carbocycles. The van der Waals surface area contributed by atoms with Crippen LogP contribution in [0.25, 0.3) is 0 Å². The van der Waals surface area contributed by atoms with Crippen LogP contribution in [0.15, 0.2) is 78.9 Å². The molecule has 0 fully saturated rings. The average molecular weight is 572 g/mol. The highest BCUT2D eigenvalue weighted by molar-refractivity contribution is 5.47. The Bertz CT molecular complexity index is 1340. The van der Waals surface area contributed by atoms with Crippen LogP contribution >= 0.6 is 0 Å². The zero-order chi connectivity index (χ0) is 28.8. The predicted molar refractivity (Wildman–Crippen MR) is 162 cm³/mol. The van der Waals surface area contributed by atoms with Gasteiger partial charge in [0.15, 0.2) is 11.5 Å². The van der Waals surface area contributed by atoms with E-state index in [1.807, 2.05) is 54.6 Å². The summed E-state index contributed by atoms with van der Waals surface area (Å²) in [6.07, 6.45) is 0. The fourth-order valence-electron chi connectivity index (χ4n) is 4.34. The fourth-order valence-corrected chi connectivity index (χ4v) is 4.34. The van der Waals surface area contributed by atoms with E-state index in [2.05, 4.69) is 44.8 Å². The number of ether oxygens (including phenoxy) is 4. The van der Waals surface area contributed by atoms with Crippen LogP contribution in [0.4, 0.5) is 17.8 Å². The van der Waals surface area contributed by atoms with E-state index in [9.17, 15) is 0 Å². The molecule has 0 radical (unpaired) electrons. The zero-order valence-electron chi connectivity index (χ0n) is 23.6. The lowest BCUT2D eigenvalue weighted by molar-refractivity contribution is 0.0547. The molecule has 0 atom stereocenters. The molecular weight excluding hydrogens is 534 g/mol. The molecular formula is C31H37N7O4. The van der Waals surface area contributed by atoms with Crippen molar-refractivity contribution in [2.24, 2.45) is 5.73 Å². The number of nitrogens with zero attached hydrogens (tertiary/aromatic N) is 4. The second kappa shape index (κ2) is 15.5. The maximum Gasteiger partial charge on any atom is 0.232 e. The number of nitrogens with two attached hydrogens (primary N) is 1. The maximum absolute atomic E-state index is 5.66. The van der Waals surface area contributed by atoms with Gasteiger partial charge < -0.3 is 40.2 Å². The van der Waals surface area contributed by atoms with Crippen LogP contribution in [0.1, 0.15) is 16.7 Å². The number of nitrogens with one attached hydrogen (secondary N) is 2. The lowest BCUT2D eigenvalue weighted by Crippen LogP contribution is -2.26. The van der Waals surface area contributed by atoms with E-state index in [0.717, 1.165) is 28.2 Å². The number of aromatic nitrogens is 3. The largest absolute Gasteiger partial charge is 0.454 e. The summed E-state index contributed by atoms with van der Waals surface area (Å²) in [5.74, 6) is 2.96. The fraction of sp³-hybridized carbons (Fsp3) is 0.323. The molecule has 5 rings (SSSR count). The van der Waals surface area contributed by atoms with Gasteiger partial charge in [-0.05, 0) is 28.8 Å². The third kappa shape index (κ3) is 8.77. The lowest BCUT2D eigenvalue weighted by atomic mass is 10.2. The van der Waals surface area contributed by atoms with Crippen molar-refractivity contribution in [3.05, 3.63) is 95.6 Å². The Morgan fingerprint density at radius 1 is 0.690 bits per heavy atom. The Balaban J connectivity index is 1.33. The molecule has 220 valence electrons. The van der Waals surface area contributed by atoms with E-state index < -0.39 is 0 Å². The molecule has 0 unspecified atom stereocenters. The normalized spacial score (nSPS) is 11.8. The molecule has 2 heterocycles. The summed E-state index contributed by atoms with van der Waals surface area (Å²) in [5.41, 5.74) is 8.78. The van der Waals surface area contributed by atoms with Crippen molar-refractivity contribution in [2.75, 3.05) is 61.8 Å². The van der Waals surface area contributed by atoms with Crippen molar-refractivity contribution in [3.8, 4) is 11.5 Å². The van der Waals surface area contributed by atoms with Gasteiger partial charge in [0.2, 0.25) is 24.6 Å². The molecule has 1 aliphatic rings. The molecule has 42 heavy (non-hydrogen) atoms. The number of fused-ring (bicyclic) bond motifs is 1. The molecule has 11 heteroatoms. The van der Waals surface area contributed by atoms with Gasteiger partial charge in [-0.3, -0.25) is 0 Å². The van der Waals surface area contributed by atoms with Crippen LogP contribution in [0.5, 0.6) is 11.5 Å². The van der Waals surface area contributed by atoms with Gasteiger partial charge in [0.1, 0.15) is 0 Å². The van der Waals surface area contributed by atoms with E-state index in [0.29, 0.717) is 77.0 Å².